The standard InChI is InChI=1S/C22H23ClN4O/c1-14(2)19-6-4-5-15(3)20(19)27-22-25-12-17(13-26-22)21(28)24-11-16-7-9-18(23)10-8-16/h4-10,12-14H,11H2,1-3H3,(H,24,28)(H,25,26,27). The van der Waals surface area contributed by atoms with Crippen LogP contribution < -0.4 is 10.6 Å². The summed E-state index contributed by atoms with van der Waals surface area (Å²) in [5.74, 6) is 0.617. The molecule has 3 aromatic rings. The van der Waals surface area contributed by atoms with Crippen molar-refractivity contribution in [2.45, 2.75) is 33.2 Å². The first-order valence-electron chi connectivity index (χ1n) is 9.15. The summed E-state index contributed by atoms with van der Waals surface area (Å²) in [4.78, 5) is 20.9. The Hall–Kier alpha value is -2.92. The third kappa shape index (κ3) is 4.87. The molecule has 1 amide bonds. The van der Waals surface area contributed by atoms with E-state index < -0.39 is 0 Å². The van der Waals surface area contributed by atoms with E-state index in [4.69, 9.17) is 11.6 Å². The summed E-state index contributed by atoms with van der Waals surface area (Å²) in [5, 5.41) is 6.81. The lowest BCUT2D eigenvalue weighted by molar-refractivity contribution is 0.0950. The van der Waals surface area contributed by atoms with Crippen LogP contribution in [0.5, 0.6) is 0 Å². The zero-order chi connectivity index (χ0) is 20.1. The fourth-order valence-electron chi connectivity index (χ4n) is 2.85. The van der Waals surface area contributed by atoms with Gasteiger partial charge in [0.05, 0.1) is 5.56 Å². The van der Waals surface area contributed by atoms with Crippen molar-refractivity contribution in [1.82, 2.24) is 15.3 Å². The third-order valence-electron chi connectivity index (χ3n) is 4.44. The smallest absolute Gasteiger partial charge is 0.254 e. The normalized spacial score (nSPS) is 10.8. The predicted octanol–water partition coefficient (Wildman–Crippen LogP) is 5.24. The Morgan fingerprint density at radius 1 is 1.07 bits per heavy atom. The monoisotopic (exact) mass is 394 g/mol. The Kier molecular flexibility index (Phi) is 6.26. The molecule has 5 nitrogen and oxygen atoms in total. The minimum atomic E-state index is -0.222. The lowest BCUT2D eigenvalue weighted by Gasteiger charge is -2.16. The van der Waals surface area contributed by atoms with Crippen molar-refractivity contribution in [2.24, 2.45) is 0 Å². The number of hydrogen-bond donors (Lipinski definition) is 2. The summed E-state index contributed by atoms with van der Waals surface area (Å²) in [7, 11) is 0. The Morgan fingerprint density at radius 2 is 1.75 bits per heavy atom. The molecule has 0 atom stereocenters. The van der Waals surface area contributed by atoms with E-state index >= 15 is 0 Å². The minimum absolute atomic E-state index is 0.222. The van der Waals surface area contributed by atoms with E-state index in [1.807, 2.05) is 31.2 Å². The van der Waals surface area contributed by atoms with Crippen molar-refractivity contribution in [2.75, 3.05) is 5.32 Å². The molecule has 2 aromatic carbocycles. The summed E-state index contributed by atoms with van der Waals surface area (Å²) in [6.07, 6.45) is 3.06. The highest BCUT2D eigenvalue weighted by molar-refractivity contribution is 6.30. The topological polar surface area (TPSA) is 66.9 Å². The predicted molar refractivity (Wildman–Crippen MR) is 113 cm³/mol. The van der Waals surface area contributed by atoms with Gasteiger partial charge < -0.3 is 10.6 Å². The quantitative estimate of drug-likeness (QED) is 0.600. The molecule has 0 aliphatic rings. The van der Waals surface area contributed by atoms with Gasteiger partial charge in [0.2, 0.25) is 5.95 Å². The molecule has 6 heteroatoms. The molecule has 0 spiro atoms. The summed E-state index contributed by atoms with van der Waals surface area (Å²) in [6, 6.07) is 13.5. The van der Waals surface area contributed by atoms with Crippen molar-refractivity contribution < 1.29 is 4.79 Å². The van der Waals surface area contributed by atoms with Gasteiger partial charge in [0, 0.05) is 29.6 Å². The molecule has 0 radical (unpaired) electrons. The second-order valence-electron chi connectivity index (χ2n) is 6.92. The first-order chi connectivity index (χ1) is 13.4. The number of carbonyl (C=O) groups is 1. The second-order valence-corrected chi connectivity index (χ2v) is 7.36. The van der Waals surface area contributed by atoms with E-state index in [1.165, 1.54) is 18.0 Å². The highest BCUT2D eigenvalue weighted by atomic mass is 35.5. The molecule has 3 rings (SSSR count). The first-order valence-corrected chi connectivity index (χ1v) is 9.53. The van der Waals surface area contributed by atoms with E-state index in [2.05, 4.69) is 40.5 Å². The van der Waals surface area contributed by atoms with E-state index in [9.17, 15) is 4.79 Å². The number of carbonyl (C=O) groups excluding carboxylic acids is 1. The molecular weight excluding hydrogens is 372 g/mol. The third-order valence-corrected chi connectivity index (χ3v) is 4.70. The van der Waals surface area contributed by atoms with E-state index in [1.54, 1.807) is 12.1 Å². The number of nitrogens with one attached hydrogen (secondary N) is 2. The van der Waals surface area contributed by atoms with Crippen LogP contribution in [0.3, 0.4) is 0 Å². The number of halogens is 1. The van der Waals surface area contributed by atoms with Gasteiger partial charge in [-0.2, -0.15) is 0 Å². The molecule has 1 aromatic heterocycles. The Balaban J connectivity index is 1.67. The van der Waals surface area contributed by atoms with Crippen LogP contribution >= 0.6 is 11.6 Å². The van der Waals surface area contributed by atoms with Crippen molar-refractivity contribution in [3.05, 3.63) is 82.1 Å². The largest absolute Gasteiger partial charge is 0.348 e. The minimum Gasteiger partial charge on any atom is -0.348 e. The summed E-state index contributed by atoms with van der Waals surface area (Å²) in [5.41, 5.74) is 4.72. The maximum Gasteiger partial charge on any atom is 0.254 e. The van der Waals surface area contributed by atoms with Gasteiger partial charge in [-0.15, -0.1) is 0 Å². The van der Waals surface area contributed by atoms with Crippen LogP contribution in [-0.2, 0) is 6.54 Å². The molecule has 2 N–H and O–H groups in total. The second kappa shape index (κ2) is 8.85. The lowest BCUT2D eigenvalue weighted by Crippen LogP contribution is -2.23. The van der Waals surface area contributed by atoms with Crippen LogP contribution in [0.15, 0.2) is 54.9 Å². The zero-order valence-corrected chi connectivity index (χ0v) is 16.9. The summed E-state index contributed by atoms with van der Waals surface area (Å²) in [6.45, 7) is 6.76. The van der Waals surface area contributed by atoms with E-state index in [0.717, 1.165) is 16.8 Å². The Labute approximate surface area is 170 Å². The zero-order valence-electron chi connectivity index (χ0n) is 16.2. The number of rotatable bonds is 6. The lowest BCUT2D eigenvalue weighted by atomic mass is 9.98. The number of aryl methyl sites for hydroxylation is 1. The molecule has 0 bridgehead atoms. The fraction of sp³-hybridized carbons (Fsp3) is 0.227. The molecule has 0 fully saturated rings. The first kappa shape index (κ1) is 19.8. The molecule has 1 heterocycles. The van der Waals surface area contributed by atoms with Crippen molar-refractivity contribution in [1.29, 1.82) is 0 Å². The van der Waals surface area contributed by atoms with Crippen molar-refractivity contribution in [3.63, 3.8) is 0 Å². The van der Waals surface area contributed by atoms with Crippen LogP contribution in [0.2, 0.25) is 5.02 Å². The average molecular weight is 395 g/mol. The SMILES string of the molecule is Cc1cccc(C(C)C)c1Nc1ncc(C(=O)NCc2ccc(Cl)cc2)cn1. The summed E-state index contributed by atoms with van der Waals surface area (Å²) >= 11 is 5.87. The molecule has 28 heavy (non-hydrogen) atoms. The number of hydrogen-bond acceptors (Lipinski definition) is 4. The van der Waals surface area contributed by atoms with Crippen LogP contribution in [0.25, 0.3) is 0 Å². The summed E-state index contributed by atoms with van der Waals surface area (Å²) < 4.78 is 0. The van der Waals surface area contributed by atoms with Crippen LogP contribution in [-0.4, -0.2) is 15.9 Å². The van der Waals surface area contributed by atoms with Crippen LogP contribution in [0, 0.1) is 6.92 Å². The molecular formula is C22H23ClN4O. The van der Waals surface area contributed by atoms with Gasteiger partial charge in [-0.05, 0) is 41.7 Å². The van der Waals surface area contributed by atoms with Crippen molar-refractivity contribution in [3.8, 4) is 0 Å². The molecule has 0 saturated carbocycles. The van der Waals surface area contributed by atoms with Gasteiger partial charge in [-0.1, -0.05) is 55.8 Å². The van der Waals surface area contributed by atoms with Gasteiger partial charge in [0.15, 0.2) is 0 Å². The molecule has 0 aliphatic heterocycles. The van der Waals surface area contributed by atoms with E-state index in [-0.39, 0.29) is 5.91 Å². The van der Waals surface area contributed by atoms with Crippen LogP contribution in [0.4, 0.5) is 11.6 Å². The van der Waals surface area contributed by atoms with Gasteiger partial charge in [0.25, 0.3) is 5.91 Å². The number of amides is 1. The van der Waals surface area contributed by atoms with Crippen LogP contribution in [0.1, 0.15) is 46.8 Å². The highest BCUT2D eigenvalue weighted by Gasteiger charge is 2.11. The van der Waals surface area contributed by atoms with Gasteiger partial charge in [-0.25, -0.2) is 9.97 Å². The fourth-order valence-corrected chi connectivity index (χ4v) is 2.98. The Bertz CT molecular complexity index is 953. The highest BCUT2D eigenvalue weighted by Crippen LogP contribution is 2.29. The molecule has 0 unspecified atom stereocenters. The molecule has 0 saturated heterocycles. The molecule has 144 valence electrons. The number of benzene rings is 2. The maximum absolute atomic E-state index is 12.3. The number of para-hydroxylation sites is 1. The number of nitrogens with zero attached hydrogens (tertiary/aromatic N) is 2. The van der Waals surface area contributed by atoms with Gasteiger partial charge >= 0.3 is 0 Å². The van der Waals surface area contributed by atoms with E-state index in [0.29, 0.717) is 29.0 Å². The Morgan fingerprint density at radius 3 is 2.39 bits per heavy atom. The average Bonchev–Trinajstić information content (AvgIpc) is 2.69. The maximum atomic E-state index is 12.3. The van der Waals surface area contributed by atoms with Gasteiger partial charge in [-0.3, -0.25) is 4.79 Å². The van der Waals surface area contributed by atoms with Gasteiger partial charge in [0.1, 0.15) is 0 Å². The molecule has 0 aliphatic carbocycles. The number of anilines is 2. The number of aromatic nitrogens is 2. The van der Waals surface area contributed by atoms with Crippen molar-refractivity contribution >= 4 is 29.1 Å².